The highest BCUT2D eigenvalue weighted by Crippen LogP contribution is 2.21. The van der Waals surface area contributed by atoms with Crippen molar-refractivity contribution in [1.29, 1.82) is 0 Å². The molecule has 19 heavy (non-hydrogen) atoms. The minimum absolute atomic E-state index is 0.250. The van der Waals surface area contributed by atoms with Gasteiger partial charge in [0.25, 0.3) is 0 Å². The normalized spacial score (nSPS) is 21.2. The van der Waals surface area contributed by atoms with Crippen LogP contribution in [0.2, 0.25) is 0 Å². The van der Waals surface area contributed by atoms with Crippen molar-refractivity contribution in [3.63, 3.8) is 0 Å². The fourth-order valence-electron chi connectivity index (χ4n) is 2.22. The summed E-state index contributed by atoms with van der Waals surface area (Å²) in [6, 6.07) is 1.96. The molecule has 1 aromatic heterocycles. The van der Waals surface area contributed by atoms with Crippen LogP contribution in [-0.2, 0) is 9.84 Å². The second-order valence-electron chi connectivity index (χ2n) is 4.90. The summed E-state index contributed by atoms with van der Waals surface area (Å²) in [5.41, 5.74) is 1.82. The summed E-state index contributed by atoms with van der Waals surface area (Å²) in [5, 5.41) is 6.19. The second kappa shape index (κ2) is 6.23. The monoisotopic (exact) mass is 283 g/mol. The molecule has 1 aromatic rings. The highest BCUT2D eigenvalue weighted by atomic mass is 32.2. The van der Waals surface area contributed by atoms with Gasteiger partial charge < -0.3 is 10.6 Å². The lowest BCUT2D eigenvalue weighted by Gasteiger charge is -2.12. The van der Waals surface area contributed by atoms with Crippen LogP contribution in [0.4, 0.5) is 11.4 Å². The van der Waals surface area contributed by atoms with Gasteiger partial charge in [0.2, 0.25) is 0 Å². The maximum atomic E-state index is 11.7. The molecule has 0 amide bonds. The molecule has 2 rings (SSSR count). The molecular formula is C13H21N3O2S. The zero-order valence-electron chi connectivity index (χ0n) is 11.2. The highest BCUT2D eigenvalue weighted by Gasteiger charge is 2.30. The maximum absolute atomic E-state index is 11.7. The smallest absolute Gasteiger partial charge is 0.154 e. The molecule has 6 heteroatoms. The number of hydrogen-bond donors (Lipinski definition) is 2. The van der Waals surface area contributed by atoms with Crippen molar-refractivity contribution in [2.45, 2.75) is 31.4 Å². The largest absolute Gasteiger partial charge is 0.384 e. The van der Waals surface area contributed by atoms with Gasteiger partial charge >= 0.3 is 0 Å². The lowest BCUT2D eigenvalue weighted by molar-refractivity contribution is 0.591. The van der Waals surface area contributed by atoms with Crippen LogP contribution in [0, 0.1) is 0 Å². The number of nitrogens with zero attached hydrogens (tertiary/aromatic N) is 1. The van der Waals surface area contributed by atoms with Crippen molar-refractivity contribution in [2.75, 3.05) is 29.5 Å². The molecule has 0 spiro atoms. The molecule has 1 aliphatic heterocycles. The number of sulfone groups is 1. The number of pyridine rings is 1. The van der Waals surface area contributed by atoms with Gasteiger partial charge in [0.15, 0.2) is 9.84 Å². The predicted octanol–water partition coefficient (Wildman–Crippen LogP) is 1.89. The van der Waals surface area contributed by atoms with Crippen LogP contribution in [0.3, 0.4) is 0 Å². The Balaban J connectivity index is 1.92. The number of aromatic nitrogens is 1. The molecule has 1 saturated heterocycles. The van der Waals surface area contributed by atoms with E-state index in [0.29, 0.717) is 12.3 Å². The van der Waals surface area contributed by atoms with Crippen molar-refractivity contribution in [1.82, 2.24) is 4.98 Å². The molecule has 1 atom stereocenters. The minimum atomic E-state index is -2.88. The van der Waals surface area contributed by atoms with Crippen molar-refractivity contribution in [2.24, 2.45) is 0 Å². The van der Waals surface area contributed by atoms with E-state index < -0.39 is 9.84 Å². The summed E-state index contributed by atoms with van der Waals surface area (Å²) < 4.78 is 23.4. The van der Waals surface area contributed by atoms with Gasteiger partial charge in [-0.05, 0) is 25.3 Å². The van der Waals surface area contributed by atoms with Crippen LogP contribution in [-0.4, -0.2) is 37.5 Å². The Bertz CT molecular complexity index is 516. The summed E-state index contributed by atoms with van der Waals surface area (Å²) in [6.07, 6.45) is 6.09. The van der Waals surface area contributed by atoms with Gasteiger partial charge in [0, 0.05) is 13.1 Å². The summed E-state index contributed by atoms with van der Waals surface area (Å²) in [6.45, 7) is 3.48. The van der Waals surface area contributed by atoms with E-state index in [1.165, 1.54) is 0 Å². The van der Waals surface area contributed by atoms with Crippen molar-refractivity contribution < 1.29 is 8.42 Å². The fraction of sp³-hybridized carbons (Fsp3) is 0.615. The average Bonchev–Trinajstić information content (AvgIpc) is 2.73. The van der Waals surface area contributed by atoms with E-state index in [1.807, 2.05) is 6.07 Å². The standard InChI is InChI=1S/C13H21N3O2S/c1-2-5-15-11-7-12(9-14-8-11)16-10-13-4-3-6-19(13,17)18/h7-9,13,15-16H,2-6,10H2,1H3. The second-order valence-corrected chi connectivity index (χ2v) is 7.30. The SMILES string of the molecule is CCCNc1cncc(NCC2CCCS2(=O)=O)c1. The van der Waals surface area contributed by atoms with Crippen LogP contribution in [0.25, 0.3) is 0 Å². The maximum Gasteiger partial charge on any atom is 0.154 e. The van der Waals surface area contributed by atoms with Gasteiger partial charge in [-0.1, -0.05) is 6.92 Å². The Morgan fingerprint density at radius 3 is 2.68 bits per heavy atom. The topological polar surface area (TPSA) is 71.1 Å². The minimum Gasteiger partial charge on any atom is -0.384 e. The number of nitrogens with one attached hydrogen (secondary N) is 2. The first kappa shape index (κ1) is 14.1. The molecule has 0 radical (unpaired) electrons. The Morgan fingerprint density at radius 1 is 1.32 bits per heavy atom. The van der Waals surface area contributed by atoms with Gasteiger partial charge in [-0.2, -0.15) is 0 Å². The third-order valence-corrected chi connectivity index (χ3v) is 5.59. The first-order chi connectivity index (χ1) is 9.12. The van der Waals surface area contributed by atoms with Crippen LogP contribution in [0.5, 0.6) is 0 Å². The summed E-state index contributed by atoms with van der Waals surface area (Å²) in [4.78, 5) is 4.14. The van der Waals surface area contributed by atoms with E-state index in [-0.39, 0.29) is 5.25 Å². The molecule has 1 fully saturated rings. The van der Waals surface area contributed by atoms with Gasteiger partial charge in [0.1, 0.15) is 0 Å². The Hall–Kier alpha value is -1.30. The first-order valence-corrected chi connectivity index (χ1v) is 8.47. The average molecular weight is 283 g/mol. The molecule has 0 bridgehead atoms. The van der Waals surface area contributed by atoms with Crippen LogP contribution >= 0.6 is 0 Å². The van der Waals surface area contributed by atoms with Crippen molar-refractivity contribution in [3.05, 3.63) is 18.5 Å². The van der Waals surface area contributed by atoms with E-state index in [2.05, 4.69) is 22.5 Å². The van der Waals surface area contributed by atoms with Crippen molar-refractivity contribution in [3.8, 4) is 0 Å². The quantitative estimate of drug-likeness (QED) is 0.834. The molecule has 1 aliphatic rings. The summed E-state index contributed by atoms with van der Waals surface area (Å²) in [5.74, 6) is 0.329. The predicted molar refractivity (Wildman–Crippen MR) is 78.3 cm³/mol. The van der Waals surface area contributed by atoms with E-state index in [1.54, 1.807) is 12.4 Å². The Morgan fingerprint density at radius 2 is 2.05 bits per heavy atom. The highest BCUT2D eigenvalue weighted by molar-refractivity contribution is 7.92. The third-order valence-electron chi connectivity index (χ3n) is 3.31. The third kappa shape index (κ3) is 3.83. The van der Waals surface area contributed by atoms with Crippen LogP contribution in [0.1, 0.15) is 26.2 Å². The molecule has 0 saturated carbocycles. The summed E-state index contributed by atoms with van der Waals surface area (Å²) >= 11 is 0. The zero-order valence-corrected chi connectivity index (χ0v) is 12.0. The molecule has 2 heterocycles. The molecule has 106 valence electrons. The van der Waals surface area contributed by atoms with E-state index in [0.717, 1.165) is 37.2 Å². The van der Waals surface area contributed by atoms with Crippen molar-refractivity contribution >= 4 is 21.2 Å². The Labute approximate surface area is 114 Å². The van der Waals surface area contributed by atoms with Gasteiger partial charge in [-0.15, -0.1) is 0 Å². The van der Waals surface area contributed by atoms with Crippen LogP contribution < -0.4 is 10.6 Å². The van der Waals surface area contributed by atoms with Crippen LogP contribution in [0.15, 0.2) is 18.5 Å². The first-order valence-electron chi connectivity index (χ1n) is 6.76. The number of anilines is 2. The fourth-order valence-corrected chi connectivity index (χ4v) is 3.99. The van der Waals surface area contributed by atoms with E-state index >= 15 is 0 Å². The van der Waals surface area contributed by atoms with Gasteiger partial charge in [0.05, 0.1) is 34.8 Å². The number of hydrogen-bond acceptors (Lipinski definition) is 5. The lowest BCUT2D eigenvalue weighted by Crippen LogP contribution is -2.25. The zero-order chi connectivity index (χ0) is 13.7. The molecular weight excluding hydrogens is 262 g/mol. The lowest BCUT2D eigenvalue weighted by atomic mass is 10.2. The molecule has 0 aromatic carbocycles. The summed E-state index contributed by atoms with van der Waals surface area (Å²) in [7, 11) is -2.88. The Kier molecular flexibility index (Phi) is 4.63. The van der Waals surface area contributed by atoms with E-state index in [9.17, 15) is 8.42 Å². The molecule has 2 N–H and O–H groups in total. The number of rotatable bonds is 6. The molecule has 0 aliphatic carbocycles. The van der Waals surface area contributed by atoms with E-state index in [4.69, 9.17) is 0 Å². The van der Waals surface area contributed by atoms with Gasteiger partial charge in [-0.3, -0.25) is 4.98 Å². The molecule has 5 nitrogen and oxygen atoms in total. The van der Waals surface area contributed by atoms with Gasteiger partial charge in [-0.25, -0.2) is 8.42 Å². The molecule has 1 unspecified atom stereocenters.